The molecule has 3 rings (SSSR count). The van der Waals surface area contributed by atoms with Crippen molar-refractivity contribution in [2.75, 3.05) is 6.54 Å². The van der Waals surface area contributed by atoms with Gasteiger partial charge in [0.2, 0.25) is 0 Å². The van der Waals surface area contributed by atoms with E-state index in [-0.39, 0.29) is 0 Å². The number of carboxylic acids is 1. The Labute approximate surface area is 131 Å². The van der Waals surface area contributed by atoms with Crippen LogP contribution in [0.15, 0.2) is 60.7 Å². The lowest BCUT2D eigenvalue weighted by molar-refractivity contribution is -0.139. The van der Waals surface area contributed by atoms with Gasteiger partial charge in [-0.25, -0.2) is 0 Å². The molecule has 0 amide bonds. The SMILES string of the molecule is O=C(O)[C@@H](Cc1ccccc1)NC[C@@H]1C[C@H]1c1ccccc1. The van der Waals surface area contributed by atoms with Crippen LogP contribution in [0.1, 0.15) is 23.5 Å². The van der Waals surface area contributed by atoms with Crippen molar-refractivity contribution in [3.8, 4) is 0 Å². The van der Waals surface area contributed by atoms with E-state index in [1.54, 1.807) is 0 Å². The third-order valence-electron chi connectivity index (χ3n) is 4.36. The van der Waals surface area contributed by atoms with Crippen LogP contribution in [0.25, 0.3) is 0 Å². The van der Waals surface area contributed by atoms with Gasteiger partial charge < -0.3 is 10.4 Å². The summed E-state index contributed by atoms with van der Waals surface area (Å²) in [5, 5.41) is 12.6. The van der Waals surface area contributed by atoms with Crippen molar-refractivity contribution in [3.05, 3.63) is 71.8 Å². The van der Waals surface area contributed by atoms with Crippen molar-refractivity contribution < 1.29 is 9.90 Å². The van der Waals surface area contributed by atoms with Crippen LogP contribution in [-0.2, 0) is 11.2 Å². The number of aliphatic carboxylic acids is 1. The fourth-order valence-corrected chi connectivity index (χ4v) is 2.97. The minimum atomic E-state index is -0.777. The Morgan fingerprint density at radius 1 is 1.09 bits per heavy atom. The van der Waals surface area contributed by atoms with E-state index < -0.39 is 12.0 Å². The zero-order valence-electron chi connectivity index (χ0n) is 12.5. The van der Waals surface area contributed by atoms with Crippen LogP contribution >= 0.6 is 0 Å². The number of carbonyl (C=O) groups is 1. The van der Waals surface area contributed by atoms with Gasteiger partial charge in [-0.1, -0.05) is 60.7 Å². The lowest BCUT2D eigenvalue weighted by Gasteiger charge is -2.14. The predicted octanol–water partition coefficient (Wildman–Crippen LogP) is 3.08. The van der Waals surface area contributed by atoms with E-state index in [9.17, 15) is 9.90 Å². The molecule has 0 heterocycles. The van der Waals surface area contributed by atoms with E-state index in [0.29, 0.717) is 18.3 Å². The molecule has 0 radical (unpaired) electrons. The van der Waals surface area contributed by atoms with Crippen LogP contribution in [0.2, 0.25) is 0 Å². The normalized spacial score (nSPS) is 21.3. The third kappa shape index (κ3) is 3.74. The molecule has 3 nitrogen and oxygen atoms in total. The Morgan fingerprint density at radius 2 is 1.73 bits per heavy atom. The van der Waals surface area contributed by atoms with Crippen molar-refractivity contribution in [2.24, 2.45) is 5.92 Å². The van der Waals surface area contributed by atoms with E-state index in [1.807, 2.05) is 36.4 Å². The highest BCUT2D eigenvalue weighted by molar-refractivity contribution is 5.73. The molecule has 1 saturated carbocycles. The Bertz CT molecular complexity index is 612. The number of hydrogen-bond donors (Lipinski definition) is 2. The second-order valence-corrected chi connectivity index (χ2v) is 6.00. The molecule has 2 aromatic rings. The first-order chi connectivity index (χ1) is 10.7. The molecule has 0 saturated heterocycles. The summed E-state index contributed by atoms with van der Waals surface area (Å²) < 4.78 is 0. The molecule has 22 heavy (non-hydrogen) atoms. The van der Waals surface area contributed by atoms with Gasteiger partial charge in [0.15, 0.2) is 0 Å². The molecule has 0 aromatic heterocycles. The first-order valence-corrected chi connectivity index (χ1v) is 7.79. The first kappa shape index (κ1) is 14.8. The van der Waals surface area contributed by atoms with Gasteiger partial charge in [-0.05, 0) is 42.3 Å². The summed E-state index contributed by atoms with van der Waals surface area (Å²) in [6.45, 7) is 0.767. The fraction of sp³-hybridized carbons (Fsp3) is 0.316. The van der Waals surface area contributed by atoms with Crippen molar-refractivity contribution in [3.63, 3.8) is 0 Å². The number of rotatable bonds is 7. The Balaban J connectivity index is 1.52. The van der Waals surface area contributed by atoms with Crippen LogP contribution in [0, 0.1) is 5.92 Å². The molecule has 3 atom stereocenters. The van der Waals surface area contributed by atoms with Crippen molar-refractivity contribution in [2.45, 2.75) is 24.8 Å². The summed E-state index contributed by atoms with van der Waals surface area (Å²) >= 11 is 0. The topological polar surface area (TPSA) is 49.3 Å². The third-order valence-corrected chi connectivity index (χ3v) is 4.36. The van der Waals surface area contributed by atoms with E-state index in [1.165, 1.54) is 5.56 Å². The quantitative estimate of drug-likeness (QED) is 0.825. The monoisotopic (exact) mass is 295 g/mol. The number of hydrogen-bond acceptors (Lipinski definition) is 2. The van der Waals surface area contributed by atoms with Crippen molar-refractivity contribution >= 4 is 5.97 Å². The van der Waals surface area contributed by atoms with Gasteiger partial charge >= 0.3 is 5.97 Å². The molecule has 0 bridgehead atoms. The predicted molar refractivity (Wildman–Crippen MR) is 86.9 cm³/mol. The largest absolute Gasteiger partial charge is 0.480 e. The van der Waals surface area contributed by atoms with Gasteiger partial charge in [-0.3, -0.25) is 4.79 Å². The summed E-state index contributed by atoms with van der Waals surface area (Å²) in [7, 11) is 0. The highest BCUT2D eigenvalue weighted by Gasteiger charge is 2.38. The number of benzene rings is 2. The maximum absolute atomic E-state index is 11.4. The molecule has 0 aliphatic heterocycles. The van der Waals surface area contributed by atoms with Gasteiger partial charge in [-0.15, -0.1) is 0 Å². The fourth-order valence-electron chi connectivity index (χ4n) is 2.97. The van der Waals surface area contributed by atoms with Crippen LogP contribution in [0.5, 0.6) is 0 Å². The average molecular weight is 295 g/mol. The number of carboxylic acid groups (broad SMARTS) is 1. The van der Waals surface area contributed by atoms with E-state index >= 15 is 0 Å². The summed E-state index contributed by atoms with van der Waals surface area (Å²) in [6.07, 6.45) is 1.67. The molecule has 1 aliphatic carbocycles. The Kier molecular flexibility index (Phi) is 4.54. The van der Waals surface area contributed by atoms with Gasteiger partial charge in [-0.2, -0.15) is 0 Å². The molecule has 2 aromatic carbocycles. The van der Waals surface area contributed by atoms with Gasteiger partial charge in [0.1, 0.15) is 6.04 Å². The van der Waals surface area contributed by atoms with Crippen molar-refractivity contribution in [1.29, 1.82) is 0 Å². The van der Waals surface area contributed by atoms with E-state index in [2.05, 4.69) is 29.6 Å². The molecule has 1 aliphatic rings. The Hall–Kier alpha value is -2.13. The van der Waals surface area contributed by atoms with Gasteiger partial charge in [0, 0.05) is 0 Å². The first-order valence-electron chi connectivity index (χ1n) is 7.79. The lowest BCUT2D eigenvalue weighted by Crippen LogP contribution is -2.39. The second kappa shape index (κ2) is 6.75. The minimum Gasteiger partial charge on any atom is -0.480 e. The lowest BCUT2D eigenvalue weighted by atomic mass is 10.1. The maximum Gasteiger partial charge on any atom is 0.321 e. The van der Waals surface area contributed by atoms with Gasteiger partial charge in [0.25, 0.3) is 0 Å². The minimum absolute atomic E-state index is 0.514. The molecule has 0 unspecified atom stereocenters. The standard InChI is InChI=1S/C19H21NO2/c21-19(22)18(11-14-7-3-1-4-8-14)20-13-16-12-17(16)15-9-5-2-6-10-15/h1-10,16-18,20H,11-13H2,(H,21,22)/t16-,17-,18+/m0/s1. The van der Waals surface area contributed by atoms with Crippen LogP contribution in [0.4, 0.5) is 0 Å². The molecule has 0 spiro atoms. The second-order valence-electron chi connectivity index (χ2n) is 6.00. The summed E-state index contributed by atoms with van der Waals surface area (Å²) in [5.74, 6) is 0.362. The molecule has 3 heteroatoms. The zero-order valence-corrected chi connectivity index (χ0v) is 12.5. The summed E-state index contributed by atoms with van der Waals surface area (Å²) in [4.78, 5) is 11.4. The summed E-state index contributed by atoms with van der Waals surface area (Å²) in [5.41, 5.74) is 2.42. The highest BCUT2D eigenvalue weighted by atomic mass is 16.4. The van der Waals surface area contributed by atoms with Crippen LogP contribution < -0.4 is 5.32 Å². The molecular weight excluding hydrogens is 274 g/mol. The summed E-state index contributed by atoms with van der Waals surface area (Å²) in [6, 6.07) is 19.7. The van der Waals surface area contributed by atoms with Crippen molar-refractivity contribution in [1.82, 2.24) is 5.32 Å². The van der Waals surface area contributed by atoms with Crippen LogP contribution in [0.3, 0.4) is 0 Å². The average Bonchev–Trinajstić information content (AvgIpc) is 3.32. The molecule has 2 N–H and O–H groups in total. The van der Waals surface area contributed by atoms with Gasteiger partial charge in [0.05, 0.1) is 0 Å². The van der Waals surface area contributed by atoms with E-state index in [0.717, 1.165) is 18.5 Å². The Morgan fingerprint density at radius 3 is 2.36 bits per heavy atom. The molecule has 114 valence electrons. The smallest absolute Gasteiger partial charge is 0.321 e. The van der Waals surface area contributed by atoms with Crippen LogP contribution in [-0.4, -0.2) is 23.7 Å². The number of nitrogens with one attached hydrogen (secondary N) is 1. The zero-order chi connectivity index (χ0) is 15.4. The highest BCUT2D eigenvalue weighted by Crippen LogP contribution is 2.46. The van der Waals surface area contributed by atoms with E-state index in [4.69, 9.17) is 0 Å². The molecular formula is C19H21NO2. The maximum atomic E-state index is 11.4. The molecule has 1 fully saturated rings.